The van der Waals surface area contributed by atoms with Gasteiger partial charge in [-0.05, 0) is 18.2 Å². The van der Waals surface area contributed by atoms with E-state index in [0.717, 1.165) is 11.1 Å². The fourth-order valence-electron chi connectivity index (χ4n) is 2.37. The molecule has 0 atom stereocenters. The quantitative estimate of drug-likeness (QED) is 0.841. The van der Waals surface area contributed by atoms with Crippen LogP contribution in [0.1, 0.15) is 10.4 Å². The lowest BCUT2D eigenvalue weighted by Crippen LogP contribution is -2.10. The molecule has 1 heterocycles. The van der Waals surface area contributed by atoms with E-state index in [1.807, 2.05) is 30.3 Å². The van der Waals surface area contributed by atoms with Gasteiger partial charge >= 0.3 is 0 Å². The first-order chi connectivity index (χ1) is 9.74. The Kier molecular flexibility index (Phi) is 3.06. The van der Waals surface area contributed by atoms with E-state index in [0.29, 0.717) is 22.8 Å². The monoisotopic (exact) mass is 270 g/mol. The number of rotatable bonds is 2. The second-order valence-electron chi connectivity index (χ2n) is 4.46. The van der Waals surface area contributed by atoms with Crippen LogP contribution in [0.4, 0.5) is 0 Å². The second-order valence-corrected chi connectivity index (χ2v) is 4.46. The molecule has 1 aliphatic heterocycles. The molecule has 0 aromatic heterocycles. The highest BCUT2D eigenvalue weighted by Crippen LogP contribution is 2.40. The smallest absolute Gasteiger partial charge is 0.200 e. The maximum Gasteiger partial charge on any atom is 0.200 e. The molecule has 0 bridgehead atoms. The van der Waals surface area contributed by atoms with Crippen molar-refractivity contribution in [3.8, 4) is 28.4 Å². The van der Waals surface area contributed by atoms with Crippen LogP contribution in [0.15, 0.2) is 36.4 Å². The van der Waals surface area contributed by atoms with Crippen LogP contribution in [0.5, 0.6) is 17.2 Å². The molecule has 0 spiro atoms. The second kappa shape index (κ2) is 4.89. The molecule has 102 valence electrons. The third-order valence-corrected chi connectivity index (χ3v) is 3.36. The van der Waals surface area contributed by atoms with Gasteiger partial charge in [0.05, 0.1) is 14.2 Å². The van der Waals surface area contributed by atoms with Crippen molar-refractivity contribution in [3.05, 3.63) is 42.0 Å². The van der Waals surface area contributed by atoms with Gasteiger partial charge in [-0.15, -0.1) is 0 Å². The van der Waals surface area contributed by atoms with Crippen LogP contribution < -0.4 is 14.2 Å². The van der Waals surface area contributed by atoms with Gasteiger partial charge in [0.2, 0.25) is 5.78 Å². The van der Waals surface area contributed by atoms with E-state index in [1.165, 1.54) is 0 Å². The minimum Gasteiger partial charge on any atom is -0.493 e. The number of Topliss-reactive ketones (excluding diaryl/α,β-unsaturated/α-hetero) is 1. The van der Waals surface area contributed by atoms with E-state index in [2.05, 4.69) is 0 Å². The Morgan fingerprint density at radius 1 is 0.950 bits per heavy atom. The number of ketones is 1. The summed E-state index contributed by atoms with van der Waals surface area (Å²) in [5, 5.41) is 0. The van der Waals surface area contributed by atoms with E-state index in [1.54, 1.807) is 20.3 Å². The number of benzene rings is 2. The molecule has 0 N–H and O–H groups in total. The molecule has 0 saturated heterocycles. The first kappa shape index (κ1) is 12.5. The first-order valence-electron chi connectivity index (χ1n) is 6.26. The van der Waals surface area contributed by atoms with Crippen LogP contribution >= 0.6 is 0 Å². The minimum atomic E-state index is -0.0721. The maximum atomic E-state index is 12.2. The van der Waals surface area contributed by atoms with Gasteiger partial charge in [0.25, 0.3) is 0 Å². The van der Waals surface area contributed by atoms with Gasteiger partial charge in [0, 0.05) is 16.7 Å². The van der Waals surface area contributed by atoms with Gasteiger partial charge < -0.3 is 14.2 Å². The third kappa shape index (κ3) is 1.90. The van der Waals surface area contributed by atoms with E-state index in [-0.39, 0.29) is 12.4 Å². The number of ether oxygens (including phenoxy) is 3. The lowest BCUT2D eigenvalue weighted by atomic mass is 9.96. The van der Waals surface area contributed by atoms with Crippen molar-refractivity contribution in [2.24, 2.45) is 0 Å². The number of carbonyl (C=O) groups is 1. The summed E-state index contributed by atoms with van der Waals surface area (Å²) in [6.45, 7) is 0.0273. The topological polar surface area (TPSA) is 44.8 Å². The molecular formula is C16H14O4. The van der Waals surface area contributed by atoms with Crippen molar-refractivity contribution >= 4 is 5.78 Å². The van der Waals surface area contributed by atoms with Crippen molar-refractivity contribution in [2.75, 3.05) is 20.8 Å². The molecule has 0 fully saturated rings. The highest BCUT2D eigenvalue weighted by atomic mass is 16.5. The molecule has 0 saturated carbocycles. The normalized spacial score (nSPS) is 12.8. The Morgan fingerprint density at radius 3 is 2.30 bits per heavy atom. The Morgan fingerprint density at radius 2 is 1.60 bits per heavy atom. The van der Waals surface area contributed by atoms with Crippen molar-refractivity contribution in [1.82, 2.24) is 0 Å². The fraction of sp³-hybridized carbons (Fsp3) is 0.188. The zero-order valence-electron chi connectivity index (χ0n) is 11.3. The molecule has 4 nitrogen and oxygen atoms in total. The summed E-state index contributed by atoms with van der Waals surface area (Å²) in [6.07, 6.45) is 0. The summed E-state index contributed by atoms with van der Waals surface area (Å²) in [7, 11) is 3.13. The zero-order valence-corrected chi connectivity index (χ0v) is 11.3. The van der Waals surface area contributed by atoms with Crippen molar-refractivity contribution in [2.45, 2.75) is 0 Å². The molecule has 3 rings (SSSR count). The van der Waals surface area contributed by atoms with E-state index >= 15 is 0 Å². The summed E-state index contributed by atoms with van der Waals surface area (Å²) in [4.78, 5) is 12.2. The molecule has 1 aliphatic rings. The summed E-state index contributed by atoms with van der Waals surface area (Å²) in [5.74, 6) is 1.76. The highest BCUT2D eigenvalue weighted by molar-refractivity contribution is 6.05. The summed E-state index contributed by atoms with van der Waals surface area (Å²) in [5.41, 5.74) is 2.28. The number of fused-ring (bicyclic) bond motifs is 3. The molecule has 2 aromatic carbocycles. The number of para-hydroxylation sites is 1. The summed E-state index contributed by atoms with van der Waals surface area (Å²) < 4.78 is 16.1. The van der Waals surface area contributed by atoms with Crippen LogP contribution in [0.2, 0.25) is 0 Å². The van der Waals surface area contributed by atoms with Gasteiger partial charge in [-0.25, -0.2) is 0 Å². The number of hydrogen-bond acceptors (Lipinski definition) is 4. The lowest BCUT2D eigenvalue weighted by Gasteiger charge is -2.12. The van der Waals surface area contributed by atoms with Crippen molar-refractivity contribution < 1.29 is 19.0 Å². The Labute approximate surface area is 116 Å². The van der Waals surface area contributed by atoms with Crippen LogP contribution in [0, 0.1) is 0 Å². The molecular weight excluding hydrogens is 256 g/mol. The van der Waals surface area contributed by atoms with Crippen LogP contribution in [-0.2, 0) is 0 Å². The molecule has 0 radical (unpaired) electrons. The fourth-order valence-corrected chi connectivity index (χ4v) is 2.37. The largest absolute Gasteiger partial charge is 0.493 e. The number of hydrogen-bond donors (Lipinski definition) is 0. The summed E-state index contributed by atoms with van der Waals surface area (Å²) >= 11 is 0. The van der Waals surface area contributed by atoms with Gasteiger partial charge in [0.15, 0.2) is 18.1 Å². The SMILES string of the molecule is COc1cc2c(cc1OC)-c1ccccc1OCC2=O. The van der Waals surface area contributed by atoms with Gasteiger partial charge in [-0.2, -0.15) is 0 Å². The van der Waals surface area contributed by atoms with Crippen molar-refractivity contribution in [1.29, 1.82) is 0 Å². The molecule has 2 aromatic rings. The molecule has 0 aliphatic carbocycles. The van der Waals surface area contributed by atoms with Crippen LogP contribution in [0.25, 0.3) is 11.1 Å². The lowest BCUT2D eigenvalue weighted by molar-refractivity contribution is 0.0925. The Balaban J connectivity index is 2.30. The van der Waals surface area contributed by atoms with Crippen LogP contribution in [-0.4, -0.2) is 26.6 Å². The van der Waals surface area contributed by atoms with Crippen molar-refractivity contribution in [3.63, 3.8) is 0 Å². The molecule has 0 unspecified atom stereocenters. The average molecular weight is 270 g/mol. The third-order valence-electron chi connectivity index (χ3n) is 3.36. The number of methoxy groups -OCH3 is 2. The maximum absolute atomic E-state index is 12.2. The van der Waals surface area contributed by atoms with Gasteiger partial charge in [0.1, 0.15) is 5.75 Å². The van der Waals surface area contributed by atoms with E-state index in [4.69, 9.17) is 14.2 Å². The van der Waals surface area contributed by atoms with Gasteiger partial charge in [-0.3, -0.25) is 4.79 Å². The molecule has 0 amide bonds. The minimum absolute atomic E-state index is 0.0273. The molecule has 20 heavy (non-hydrogen) atoms. The molecule has 4 heteroatoms. The number of carbonyl (C=O) groups excluding carboxylic acids is 1. The van der Waals surface area contributed by atoms with Gasteiger partial charge in [-0.1, -0.05) is 18.2 Å². The van der Waals surface area contributed by atoms with E-state index in [9.17, 15) is 4.79 Å². The summed E-state index contributed by atoms with van der Waals surface area (Å²) in [6, 6.07) is 11.1. The van der Waals surface area contributed by atoms with E-state index < -0.39 is 0 Å². The Bertz CT molecular complexity index is 676. The zero-order chi connectivity index (χ0) is 14.1. The Hall–Kier alpha value is -2.49. The standard InChI is InChI=1S/C16H14O4/c1-18-15-7-11-10-5-3-4-6-14(10)20-9-13(17)12(11)8-16(15)19-2/h3-8H,9H2,1-2H3. The van der Waals surface area contributed by atoms with Crippen LogP contribution in [0.3, 0.4) is 0 Å². The highest BCUT2D eigenvalue weighted by Gasteiger charge is 2.23. The average Bonchev–Trinajstić information content (AvgIpc) is 2.64. The predicted octanol–water partition coefficient (Wildman–Crippen LogP) is 2.95. The first-order valence-corrected chi connectivity index (χ1v) is 6.26. The predicted molar refractivity (Wildman–Crippen MR) is 74.8 cm³/mol.